The third-order valence-electron chi connectivity index (χ3n) is 3.94. The van der Waals surface area contributed by atoms with Crippen molar-refractivity contribution in [2.45, 2.75) is 36.7 Å². The van der Waals surface area contributed by atoms with Gasteiger partial charge in [-0.1, -0.05) is 36.4 Å². The number of nitrogens with zero attached hydrogens (tertiary/aromatic N) is 3. The van der Waals surface area contributed by atoms with Gasteiger partial charge in [-0.15, -0.1) is 10.2 Å². The minimum atomic E-state index is -0.382. The Morgan fingerprint density at radius 3 is 2.96 bits per heavy atom. The number of thioether (sulfide) groups is 1. The lowest BCUT2D eigenvalue weighted by atomic mass is 10.0. The van der Waals surface area contributed by atoms with Crippen LogP contribution in [0.15, 0.2) is 23.4 Å². The van der Waals surface area contributed by atoms with Gasteiger partial charge < -0.3 is 15.5 Å². The van der Waals surface area contributed by atoms with Gasteiger partial charge in [0.1, 0.15) is 16.8 Å². The number of carbonyl (C=O) groups is 1. The Kier molecular flexibility index (Phi) is 5.39. The molecule has 25 heavy (non-hydrogen) atoms. The number of nitrogens with one attached hydrogen (secondary N) is 2. The number of hydrogen-bond donors (Lipinski definition) is 2. The van der Waals surface area contributed by atoms with E-state index in [0.717, 1.165) is 17.8 Å². The Labute approximate surface area is 155 Å². The van der Waals surface area contributed by atoms with Gasteiger partial charge in [-0.3, -0.25) is 4.79 Å². The standard InChI is InChI=1S/C16H20ClN5O2S/c1-4-7-18-15(23)14-13(10-5-6-12(24-3)11(17)8-10)21-22-9(2)19-20-16(22)25-14/h5-6,8,13-14,21H,4,7H2,1-3H3,(H,18,23)/t13-,14-/m0/s1. The number of aryl methyl sites for hydroxylation is 1. The summed E-state index contributed by atoms with van der Waals surface area (Å²) in [7, 11) is 1.57. The third kappa shape index (κ3) is 3.55. The molecule has 0 bridgehead atoms. The second-order valence-corrected chi connectivity index (χ2v) is 7.21. The van der Waals surface area contributed by atoms with E-state index in [0.29, 0.717) is 22.5 Å². The van der Waals surface area contributed by atoms with Crippen LogP contribution < -0.4 is 15.5 Å². The van der Waals surface area contributed by atoms with E-state index in [1.807, 2.05) is 26.0 Å². The molecular formula is C16H20ClN5O2S. The highest BCUT2D eigenvalue weighted by atomic mass is 35.5. The van der Waals surface area contributed by atoms with Crippen LogP contribution in [0.1, 0.15) is 30.8 Å². The summed E-state index contributed by atoms with van der Waals surface area (Å²) in [6.07, 6.45) is 0.880. The van der Waals surface area contributed by atoms with Gasteiger partial charge in [0, 0.05) is 6.54 Å². The number of rotatable bonds is 5. The summed E-state index contributed by atoms with van der Waals surface area (Å²) < 4.78 is 7.02. The highest BCUT2D eigenvalue weighted by Gasteiger charge is 2.37. The molecule has 0 saturated carbocycles. The molecule has 0 radical (unpaired) electrons. The lowest BCUT2D eigenvalue weighted by Crippen LogP contribution is -2.44. The monoisotopic (exact) mass is 381 g/mol. The van der Waals surface area contributed by atoms with E-state index in [9.17, 15) is 4.79 Å². The summed E-state index contributed by atoms with van der Waals surface area (Å²) in [6.45, 7) is 4.52. The Hall–Kier alpha value is -1.93. The van der Waals surface area contributed by atoms with Gasteiger partial charge >= 0.3 is 0 Å². The van der Waals surface area contributed by atoms with Crippen molar-refractivity contribution in [3.8, 4) is 5.75 Å². The minimum absolute atomic E-state index is 0.0387. The molecule has 0 unspecified atom stereocenters. The average molecular weight is 382 g/mol. The van der Waals surface area contributed by atoms with Crippen LogP contribution in [0.3, 0.4) is 0 Å². The molecule has 0 saturated heterocycles. The Morgan fingerprint density at radius 2 is 2.28 bits per heavy atom. The summed E-state index contributed by atoms with van der Waals surface area (Å²) in [6, 6.07) is 5.27. The van der Waals surface area contributed by atoms with E-state index in [4.69, 9.17) is 16.3 Å². The van der Waals surface area contributed by atoms with Gasteiger partial charge in [0.05, 0.1) is 18.2 Å². The van der Waals surface area contributed by atoms with Crippen molar-refractivity contribution in [3.63, 3.8) is 0 Å². The van der Waals surface area contributed by atoms with Crippen molar-refractivity contribution < 1.29 is 9.53 Å². The zero-order valence-corrected chi connectivity index (χ0v) is 15.8. The molecule has 9 heteroatoms. The van der Waals surface area contributed by atoms with E-state index in [1.165, 1.54) is 11.8 Å². The van der Waals surface area contributed by atoms with Gasteiger partial charge in [-0.25, -0.2) is 4.68 Å². The maximum absolute atomic E-state index is 12.7. The van der Waals surface area contributed by atoms with Crippen LogP contribution in [-0.4, -0.2) is 39.7 Å². The first kappa shape index (κ1) is 17.9. The topological polar surface area (TPSA) is 81.1 Å². The van der Waals surface area contributed by atoms with Crippen LogP contribution in [0, 0.1) is 6.92 Å². The molecule has 134 valence electrons. The number of hydrogen-bond acceptors (Lipinski definition) is 6. The molecule has 1 aliphatic heterocycles. The lowest BCUT2D eigenvalue weighted by Gasteiger charge is -2.32. The van der Waals surface area contributed by atoms with E-state index >= 15 is 0 Å². The van der Waals surface area contributed by atoms with Gasteiger partial charge in [-0.2, -0.15) is 0 Å². The van der Waals surface area contributed by atoms with Crippen LogP contribution in [0.2, 0.25) is 5.02 Å². The summed E-state index contributed by atoms with van der Waals surface area (Å²) in [5, 5.41) is 12.0. The summed E-state index contributed by atoms with van der Waals surface area (Å²) in [5.41, 5.74) is 4.24. The fraction of sp³-hybridized carbons (Fsp3) is 0.438. The average Bonchev–Trinajstić information content (AvgIpc) is 2.98. The Balaban J connectivity index is 1.96. The third-order valence-corrected chi connectivity index (χ3v) is 5.45. The maximum atomic E-state index is 12.7. The first-order valence-electron chi connectivity index (χ1n) is 8.01. The Bertz CT molecular complexity index is 782. The first-order chi connectivity index (χ1) is 12.0. The first-order valence-corrected chi connectivity index (χ1v) is 9.27. The van der Waals surface area contributed by atoms with Crippen LogP contribution in [0.25, 0.3) is 0 Å². The zero-order chi connectivity index (χ0) is 18.0. The quantitative estimate of drug-likeness (QED) is 0.828. The van der Waals surface area contributed by atoms with Gasteiger partial charge in [0.15, 0.2) is 0 Å². The maximum Gasteiger partial charge on any atom is 0.236 e. The van der Waals surface area contributed by atoms with E-state index in [-0.39, 0.29) is 17.2 Å². The van der Waals surface area contributed by atoms with Crippen LogP contribution >= 0.6 is 23.4 Å². The lowest BCUT2D eigenvalue weighted by molar-refractivity contribution is -0.120. The number of halogens is 1. The van der Waals surface area contributed by atoms with Crippen molar-refractivity contribution in [2.24, 2.45) is 0 Å². The van der Waals surface area contributed by atoms with Crippen molar-refractivity contribution in [1.82, 2.24) is 20.2 Å². The molecule has 2 N–H and O–H groups in total. The molecule has 3 rings (SSSR count). The zero-order valence-electron chi connectivity index (χ0n) is 14.2. The number of amides is 1. The van der Waals surface area contributed by atoms with E-state index < -0.39 is 0 Å². The molecule has 0 fully saturated rings. The number of aromatic nitrogens is 3. The summed E-state index contributed by atoms with van der Waals surface area (Å²) in [5.74, 6) is 1.30. The van der Waals surface area contributed by atoms with Crippen molar-refractivity contribution in [2.75, 3.05) is 19.1 Å². The molecule has 1 aliphatic rings. The van der Waals surface area contributed by atoms with E-state index in [1.54, 1.807) is 17.9 Å². The van der Waals surface area contributed by atoms with Crippen molar-refractivity contribution in [3.05, 3.63) is 34.6 Å². The smallest absolute Gasteiger partial charge is 0.236 e. The fourth-order valence-corrected chi connectivity index (χ4v) is 4.05. The number of methoxy groups -OCH3 is 1. The van der Waals surface area contributed by atoms with Crippen LogP contribution in [0.4, 0.5) is 0 Å². The molecular weight excluding hydrogens is 362 g/mol. The number of carbonyl (C=O) groups excluding carboxylic acids is 1. The number of fused-ring (bicyclic) bond motifs is 1. The van der Waals surface area contributed by atoms with Crippen molar-refractivity contribution >= 4 is 29.3 Å². The summed E-state index contributed by atoms with van der Waals surface area (Å²) >= 11 is 7.67. The predicted octanol–water partition coefficient (Wildman–Crippen LogP) is 2.53. The molecule has 1 aromatic carbocycles. The highest BCUT2D eigenvalue weighted by molar-refractivity contribution is 8.00. The second-order valence-electron chi connectivity index (χ2n) is 5.70. The van der Waals surface area contributed by atoms with Gasteiger partial charge in [0.25, 0.3) is 0 Å². The van der Waals surface area contributed by atoms with Crippen LogP contribution in [-0.2, 0) is 4.79 Å². The molecule has 2 atom stereocenters. The molecule has 7 nitrogen and oxygen atoms in total. The Morgan fingerprint density at radius 1 is 1.48 bits per heavy atom. The molecule has 2 heterocycles. The predicted molar refractivity (Wildman–Crippen MR) is 97.8 cm³/mol. The molecule has 1 amide bonds. The van der Waals surface area contributed by atoms with E-state index in [2.05, 4.69) is 20.9 Å². The van der Waals surface area contributed by atoms with Crippen molar-refractivity contribution in [1.29, 1.82) is 0 Å². The normalized spacial score (nSPS) is 19.0. The molecule has 0 spiro atoms. The molecule has 0 aliphatic carbocycles. The van der Waals surface area contributed by atoms with Crippen LogP contribution in [0.5, 0.6) is 5.75 Å². The van der Waals surface area contributed by atoms with Gasteiger partial charge in [-0.05, 0) is 31.0 Å². The molecule has 2 aromatic rings. The van der Waals surface area contributed by atoms with Gasteiger partial charge in [0.2, 0.25) is 11.1 Å². The number of ether oxygens (including phenoxy) is 1. The molecule has 1 aromatic heterocycles. The SMILES string of the molecule is CCCNC(=O)[C@H]1Sc2nnc(C)n2N[C@H]1c1ccc(OC)c(Cl)c1. The highest BCUT2D eigenvalue weighted by Crippen LogP contribution is 2.38. The largest absolute Gasteiger partial charge is 0.495 e. The summed E-state index contributed by atoms with van der Waals surface area (Å²) in [4.78, 5) is 12.7. The minimum Gasteiger partial charge on any atom is -0.495 e. The number of benzene rings is 1. The second kappa shape index (κ2) is 7.53. The fourth-order valence-electron chi connectivity index (χ4n) is 2.64.